The molecular formula is C9H10F7NO2. The van der Waals surface area contributed by atoms with Gasteiger partial charge in [-0.05, 0) is 6.40 Å². The van der Waals surface area contributed by atoms with Crippen molar-refractivity contribution in [3.8, 4) is 0 Å². The first-order valence-corrected chi connectivity index (χ1v) is 4.99. The van der Waals surface area contributed by atoms with Gasteiger partial charge in [-0.3, -0.25) is 4.79 Å². The zero-order chi connectivity index (χ0) is 15.9. The number of aliphatic hydroxyl groups is 1. The predicted molar refractivity (Wildman–Crippen MR) is 47.8 cm³/mol. The number of rotatable bonds is 2. The van der Waals surface area contributed by atoms with Crippen molar-refractivity contribution in [3.63, 3.8) is 0 Å². The van der Waals surface area contributed by atoms with Crippen LogP contribution >= 0.6 is 0 Å². The summed E-state index contributed by atoms with van der Waals surface area (Å²) in [5, 5.41) is 8.81. The molecule has 0 radical (unpaired) electrons. The molecule has 1 amide bonds. The largest absolute Gasteiger partial charge is 0.426 e. The molecule has 2 atom stereocenters. The summed E-state index contributed by atoms with van der Waals surface area (Å²) < 4.78 is 94.1. The van der Waals surface area contributed by atoms with Crippen LogP contribution < -0.4 is 0 Å². The SMILES string of the molecule is [2H][C@@H]1CN(C(=O)CC(O)(C(F)(F)F)C(F)(F)F)C[C@H]1F. The quantitative estimate of drug-likeness (QED) is 0.790. The Morgan fingerprint density at radius 2 is 1.74 bits per heavy atom. The third-order valence-electron chi connectivity index (χ3n) is 2.67. The second-order valence-corrected chi connectivity index (χ2v) is 4.08. The molecule has 0 aromatic heterocycles. The lowest BCUT2D eigenvalue weighted by Gasteiger charge is -2.32. The maximum Gasteiger partial charge on any atom is 0.426 e. The fourth-order valence-corrected chi connectivity index (χ4v) is 1.50. The van der Waals surface area contributed by atoms with Crippen LogP contribution in [0.2, 0.25) is 0 Å². The highest BCUT2D eigenvalue weighted by molar-refractivity contribution is 5.78. The third kappa shape index (κ3) is 3.10. The number of carbonyl (C=O) groups is 1. The van der Waals surface area contributed by atoms with Gasteiger partial charge in [0.2, 0.25) is 5.91 Å². The number of hydrogen-bond acceptors (Lipinski definition) is 2. The first kappa shape index (κ1) is 14.4. The second-order valence-electron chi connectivity index (χ2n) is 4.08. The van der Waals surface area contributed by atoms with Crippen LogP contribution in [0.5, 0.6) is 0 Å². The molecule has 3 nitrogen and oxygen atoms in total. The van der Waals surface area contributed by atoms with E-state index >= 15 is 0 Å². The first-order chi connectivity index (χ1) is 8.79. The fourth-order valence-electron chi connectivity index (χ4n) is 1.50. The average Bonchev–Trinajstić information content (AvgIpc) is 2.56. The molecule has 1 saturated heterocycles. The van der Waals surface area contributed by atoms with E-state index in [2.05, 4.69) is 0 Å². The summed E-state index contributed by atoms with van der Waals surface area (Å²) in [7, 11) is 0. The number of hydrogen-bond donors (Lipinski definition) is 1. The van der Waals surface area contributed by atoms with Gasteiger partial charge in [0, 0.05) is 7.92 Å². The predicted octanol–water partition coefficient (Wildman–Crippen LogP) is 1.80. The molecule has 0 spiro atoms. The summed E-state index contributed by atoms with van der Waals surface area (Å²) in [5.41, 5.74) is -5.19. The molecule has 1 aliphatic rings. The van der Waals surface area contributed by atoms with Gasteiger partial charge in [-0.25, -0.2) is 4.39 Å². The van der Waals surface area contributed by atoms with Crippen molar-refractivity contribution in [2.24, 2.45) is 0 Å². The highest BCUT2D eigenvalue weighted by Gasteiger charge is 2.71. The fraction of sp³-hybridized carbons (Fsp3) is 0.889. The van der Waals surface area contributed by atoms with Crippen LogP contribution in [0.4, 0.5) is 30.7 Å². The molecule has 0 unspecified atom stereocenters. The van der Waals surface area contributed by atoms with E-state index in [1.165, 1.54) is 0 Å². The van der Waals surface area contributed by atoms with Gasteiger partial charge in [0.05, 0.1) is 13.0 Å². The molecule has 10 heteroatoms. The summed E-state index contributed by atoms with van der Waals surface area (Å²) in [6.07, 6.45) is -17.8. The molecule has 1 heterocycles. The van der Waals surface area contributed by atoms with Crippen LogP contribution in [-0.2, 0) is 4.79 Å². The summed E-state index contributed by atoms with van der Waals surface area (Å²) >= 11 is 0. The molecule has 1 aliphatic heterocycles. The van der Waals surface area contributed by atoms with Crippen LogP contribution in [0.3, 0.4) is 0 Å². The van der Waals surface area contributed by atoms with Crippen LogP contribution in [-0.4, -0.2) is 53.1 Å². The number of likely N-dealkylation sites (tertiary alicyclic amines) is 1. The number of alkyl halides is 7. The Morgan fingerprint density at radius 1 is 1.26 bits per heavy atom. The van der Waals surface area contributed by atoms with Crippen molar-refractivity contribution in [2.45, 2.75) is 36.9 Å². The zero-order valence-corrected chi connectivity index (χ0v) is 9.22. The van der Waals surface area contributed by atoms with Gasteiger partial charge in [0.1, 0.15) is 6.17 Å². The minimum atomic E-state index is -6.10. The third-order valence-corrected chi connectivity index (χ3v) is 2.67. The van der Waals surface area contributed by atoms with Gasteiger partial charge in [-0.15, -0.1) is 0 Å². The number of nitrogens with zero attached hydrogens (tertiary/aromatic N) is 1. The maximum atomic E-state index is 12.9. The standard InChI is InChI=1S/C9H10F7NO2/c10-5-1-2-17(4-5)6(18)3-7(19,8(11,12)13)9(14,15)16/h5,19H,1-4H2/t5-/m0/s1/i1D/t1-,5+/m1. The highest BCUT2D eigenvalue weighted by Crippen LogP contribution is 2.45. The van der Waals surface area contributed by atoms with Gasteiger partial charge < -0.3 is 10.0 Å². The van der Waals surface area contributed by atoms with Crippen molar-refractivity contribution in [2.75, 3.05) is 13.1 Å². The van der Waals surface area contributed by atoms with Gasteiger partial charge >= 0.3 is 12.4 Å². The Hall–Kier alpha value is -1.06. The van der Waals surface area contributed by atoms with Gasteiger partial charge in [0.25, 0.3) is 5.60 Å². The number of carbonyl (C=O) groups excluding carboxylic acids is 1. The monoisotopic (exact) mass is 298 g/mol. The van der Waals surface area contributed by atoms with Crippen molar-refractivity contribution in [1.29, 1.82) is 0 Å². The van der Waals surface area contributed by atoms with E-state index in [0.717, 1.165) is 0 Å². The highest BCUT2D eigenvalue weighted by atomic mass is 19.4. The average molecular weight is 298 g/mol. The van der Waals surface area contributed by atoms with Crippen molar-refractivity contribution in [1.82, 2.24) is 4.90 Å². The smallest absolute Gasteiger partial charge is 0.373 e. The van der Waals surface area contributed by atoms with Crippen LogP contribution in [0, 0.1) is 0 Å². The van der Waals surface area contributed by atoms with E-state index in [0.29, 0.717) is 4.90 Å². The molecular weight excluding hydrogens is 287 g/mol. The van der Waals surface area contributed by atoms with Crippen molar-refractivity contribution >= 4 is 5.91 Å². The molecule has 1 rings (SSSR count). The van der Waals surface area contributed by atoms with Crippen molar-refractivity contribution < 1.29 is 42.0 Å². The molecule has 112 valence electrons. The summed E-state index contributed by atoms with van der Waals surface area (Å²) in [6, 6.07) is 0. The molecule has 0 aromatic rings. The molecule has 0 aromatic carbocycles. The Morgan fingerprint density at radius 3 is 2.05 bits per heavy atom. The molecule has 1 fully saturated rings. The number of amides is 1. The Labute approximate surface area is 104 Å². The zero-order valence-electron chi connectivity index (χ0n) is 10.2. The lowest BCUT2D eigenvalue weighted by molar-refractivity contribution is -0.367. The van der Waals surface area contributed by atoms with Crippen LogP contribution in [0.1, 0.15) is 14.2 Å². The molecule has 0 aliphatic carbocycles. The second kappa shape index (κ2) is 4.80. The minimum Gasteiger partial charge on any atom is -0.373 e. The molecule has 0 saturated carbocycles. The molecule has 0 bridgehead atoms. The van der Waals surface area contributed by atoms with E-state index in [1.54, 1.807) is 0 Å². The summed E-state index contributed by atoms with van der Waals surface area (Å²) in [4.78, 5) is 11.7. The summed E-state index contributed by atoms with van der Waals surface area (Å²) in [6.45, 7) is -1.38. The van der Waals surface area contributed by atoms with Gasteiger partial charge in [-0.1, -0.05) is 0 Å². The molecule has 19 heavy (non-hydrogen) atoms. The Balaban J connectivity index is 2.90. The lowest BCUT2D eigenvalue weighted by Crippen LogP contribution is -2.59. The summed E-state index contributed by atoms with van der Waals surface area (Å²) in [5.74, 6) is -1.71. The van der Waals surface area contributed by atoms with E-state index < -0.39 is 55.9 Å². The van der Waals surface area contributed by atoms with E-state index in [1.807, 2.05) is 0 Å². The van der Waals surface area contributed by atoms with Gasteiger partial charge in [-0.2, -0.15) is 26.3 Å². The topological polar surface area (TPSA) is 40.5 Å². The lowest BCUT2D eigenvalue weighted by atomic mass is 9.97. The van der Waals surface area contributed by atoms with E-state index in [9.17, 15) is 35.5 Å². The first-order valence-electron chi connectivity index (χ1n) is 5.57. The van der Waals surface area contributed by atoms with Crippen LogP contribution in [0.15, 0.2) is 0 Å². The van der Waals surface area contributed by atoms with E-state index in [-0.39, 0.29) is 0 Å². The Kier molecular flexibility index (Phi) is 3.63. The maximum absolute atomic E-state index is 12.9. The Bertz CT molecular complexity index is 359. The van der Waals surface area contributed by atoms with Crippen molar-refractivity contribution in [3.05, 3.63) is 0 Å². The van der Waals surface area contributed by atoms with E-state index in [4.69, 9.17) is 6.48 Å². The minimum absolute atomic E-state index is 0.366. The normalized spacial score (nSPS) is 26.5. The molecule has 1 N–H and O–H groups in total. The number of halogens is 7. The van der Waals surface area contributed by atoms with Crippen LogP contribution in [0.25, 0.3) is 0 Å². The van der Waals surface area contributed by atoms with Gasteiger partial charge in [0.15, 0.2) is 0 Å².